The number of hydrogen-bond donors (Lipinski definition) is 1. The summed E-state index contributed by atoms with van der Waals surface area (Å²) in [6, 6.07) is 3.68. The molecule has 1 aromatic rings. The van der Waals surface area contributed by atoms with Crippen molar-refractivity contribution in [2.75, 3.05) is 7.11 Å². The molecular weight excluding hydrogens is 200 g/mol. The molecule has 1 aliphatic carbocycles. The number of aliphatic hydroxyl groups excluding tert-OH is 1. The lowest BCUT2D eigenvalue weighted by atomic mass is 9.89. The van der Waals surface area contributed by atoms with Crippen LogP contribution in [0.3, 0.4) is 0 Å². The van der Waals surface area contributed by atoms with Crippen molar-refractivity contribution < 1.29 is 9.84 Å². The van der Waals surface area contributed by atoms with E-state index >= 15 is 0 Å². The third-order valence-electron chi connectivity index (χ3n) is 2.70. The van der Waals surface area contributed by atoms with Gasteiger partial charge in [0.1, 0.15) is 5.75 Å². The van der Waals surface area contributed by atoms with Crippen LogP contribution >= 0.6 is 11.6 Å². The second-order valence-corrected chi connectivity index (χ2v) is 3.99. The van der Waals surface area contributed by atoms with Gasteiger partial charge in [-0.2, -0.15) is 0 Å². The number of ether oxygens (including phenoxy) is 1. The van der Waals surface area contributed by atoms with Crippen molar-refractivity contribution in [2.45, 2.75) is 25.4 Å². The van der Waals surface area contributed by atoms with Crippen LogP contribution in [0.25, 0.3) is 0 Å². The molecule has 0 fully saturated rings. The van der Waals surface area contributed by atoms with Gasteiger partial charge < -0.3 is 9.84 Å². The summed E-state index contributed by atoms with van der Waals surface area (Å²) >= 11 is 6.10. The largest absolute Gasteiger partial charge is 0.497 e. The van der Waals surface area contributed by atoms with Gasteiger partial charge in [0.05, 0.1) is 13.2 Å². The number of aliphatic hydroxyl groups is 1. The molecule has 0 spiro atoms. The molecule has 76 valence electrons. The molecule has 0 aromatic heterocycles. The fourth-order valence-electron chi connectivity index (χ4n) is 1.94. The molecule has 1 aliphatic rings. The van der Waals surface area contributed by atoms with Crippen LogP contribution in [0, 0.1) is 0 Å². The van der Waals surface area contributed by atoms with E-state index in [4.69, 9.17) is 16.3 Å². The highest BCUT2D eigenvalue weighted by molar-refractivity contribution is 6.31. The smallest absolute Gasteiger partial charge is 0.120 e. The van der Waals surface area contributed by atoms with Crippen molar-refractivity contribution in [1.29, 1.82) is 0 Å². The van der Waals surface area contributed by atoms with Gasteiger partial charge in [0.2, 0.25) is 0 Å². The average molecular weight is 213 g/mol. The number of halogens is 1. The Hall–Kier alpha value is -0.730. The average Bonchev–Trinajstić information content (AvgIpc) is 2.19. The second-order valence-electron chi connectivity index (χ2n) is 3.59. The van der Waals surface area contributed by atoms with E-state index in [9.17, 15) is 5.11 Å². The van der Waals surface area contributed by atoms with E-state index < -0.39 is 0 Å². The minimum atomic E-state index is -0.383. The molecule has 0 amide bonds. The van der Waals surface area contributed by atoms with Crippen LogP contribution in [-0.4, -0.2) is 12.2 Å². The maximum absolute atomic E-state index is 9.79. The van der Waals surface area contributed by atoms with Crippen LogP contribution in [-0.2, 0) is 6.42 Å². The molecule has 1 aromatic carbocycles. The van der Waals surface area contributed by atoms with Gasteiger partial charge in [-0.05, 0) is 42.5 Å². The summed E-state index contributed by atoms with van der Waals surface area (Å²) in [5, 5.41) is 10.5. The van der Waals surface area contributed by atoms with E-state index in [-0.39, 0.29) is 6.10 Å². The van der Waals surface area contributed by atoms with E-state index in [1.165, 1.54) is 0 Å². The number of benzene rings is 1. The first-order chi connectivity index (χ1) is 6.72. The molecule has 0 saturated carbocycles. The first-order valence-electron chi connectivity index (χ1n) is 4.76. The summed E-state index contributed by atoms with van der Waals surface area (Å²) in [6.07, 6.45) is 2.39. The highest BCUT2D eigenvalue weighted by atomic mass is 35.5. The summed E-state index contributed by atoms with van der Waals surface area (Å²) in [5.41, 5.74) is 2.01. The number of hydrogen-bond acceptors (Lipinski definition) is 2. The van der Waals surface area contributed by atoms with E-state index in [0.29, 0.717) is 5.02 Å². The summed E-state index contributed by atoms with van der Waals surface area (Å²) in [5.74, 6) is 0.717. The molecule has 1 atom stereocenters. The predicted molar refractivity (Wildman–Crippen MR) is 55.9 cm³/mol. The molecule has 2 nitrogen and oxygen atoms in total. The van der Waals surface area contributed by atoms with Crippen molar-refractivity contribution in [3.8, 4) is 5.75 Å². The molecule has 0 aliphatic heterocycles. The lowest BCUT2D eigenvalue weighted by molar-refractivity contribution is 0.156. The van der Waals surface area contributed by atoms with E-state index in [1.54, 1.807) is 13.2 Å². The second kappa shape index (κ2) is 3.79. The Bertz CT molecular complexity index is 349. The standard InChI is InChI=1S/C11H13ClO2/c1-14-7-5-9-8(10(12)6-7)3-2-4-11(9)13/h5-6,11,13H,2-4H2,1H3/t11-/m1/s1. The highest BCUT2D eigenvalue weighted by Gasteiger charge is 2.20. The van der Waals surface area contributed by atoms with Gasteiger partial charge in [0, 0.05) is 5.02 Å². The van der Waals surface area contributed by atoms with E-state index in [0.717, 1.165) is 36.1 Å². The van der Waals surface area contributed by atoms with Crippen molar-refractivity contribution in [3.05, 3.63) is 28.3 Å². The highest BCUT2D eigenvalue weighted by Crippen LogP contribution is 2.36. The molecule has 0 bridgehead atoms. The fourth-order valence-corrected chi connectivity index (χ4v) is 2.25. The van der Waals surface area contributed by atoms with Gasteiger partial charge in [-0.1, -0.05) is 11.6 Å². The number of methoxy groups -OCH3 is 1. The Balaban J connectivity index is 2.51. The monoisotopic (exact) mass is 212 g/mol. The fraction of sp³-hybridized carbons (Fsp3) is 0.455. The Morgan fingerprint density at radius 1 is 1.50 bits per heavy atom. The molecule has 0 unspecified atom stereocenters. The van der Waals surface area contributed by atoms with Crippen LogP contribution in [0.5, 0.6) is 5.75 Å². The summed E-state index contributed by atoms with van der Waals surface area (Å²) in [4.78, 5) is 0. The minimum Gasteiger partial charge on any atom is -0.497 e. The van der Waals surface area contributed by atoms with Gasteiger partial charge in [-0.15, -0.1) is 0 Å². The molecule has 0 radical (unpaired) electrons. The maximum atomic E-state index is 9.79. The summed E-state index contributed by atoms with van der Waals surface area (Å²) < 4.78 is 5.11. The lowest BCUT2D eigenvalue weighted by Crippen LogP contribution is -2.09. The van der Waals surface area contributed by atoms with Gasteiger partial charge in [0.15, 0.2) is 0 Å². The predicted octanol–water partition coefficient (Wildman–Crippen LogP) is 2.72. The van der Waals surface area contributed by atoms with Crippen molar-refractivity contribution in [1.82, 2.24) is 0 Å². The molecule has 1 N–H and O–H groups in total. The molecule has 14 heavy (non-hydrogen) atoms. The molecular formula is C11H13ClO2. The molecule has 0 heterocycles. The zero-order valence-electron chi connectivity index (χ0n) is 8.09. The first-order valence-corrected chi connectivity index (χ1v) is 5.14. The third kappa shape index (κ3) is 1.60. The Morgan fingerprint density at radius 3 is 3.00 bits per heavy atom. The third-order valence-corrected chi connectivity index (χ3v) is 3.04. The number of fused-ring (bicyclic) bond motifs is 1. The van der Waals surface area contributed by atoms with Crippen molar-refractivity contribution in [3.63, 3.8) is 0 Å². The SMILES string of the molecule is COc1cc(Cl)c2c(c1)[C@H](O)CCC2. The molecule has 2 rings (SSSR count). The van der Waals surface area contributed by atoms with Crippen molar-refractivity contribution >= 4 is 11.6 Å². The first kappa shape index (κ1) is 9.81. The topological polar surface area (TPSA) is 29.5 Å². The van der Waals surface area contributed by atoms with E-state index in [1.807, 2.05) is 6.07 Å². The zero-order chi connectivity index (χ0) is 10.1. The van der Waals surface area contributed by atoms with Crippen LogP contribution in [0.2, 0.25) is 5.02 Å². The van der Waals surface area contributed by atoms with Crippen LogP contribution in [0.4, 0.5) is 0 Å². The van der Waals surface area contributed by atoms with Crippen LogP contribution in [0.1, 0.15) is 30.1 Å². The van der Waals surface area contributed by atoms with Crippen molar-refractivity contribution in [2.24, 2.45) is 0 Å². The zero-order valence-corrected chi connectivity index (χ0v) is 8.84. The van der Waals surface area contributed by atoms with Gasteiger partial charge >= 0.3 is 0 Å². The van der Waals surface area contributed by atoms with Gasteiger partial charge in [0.25, 0.3) is 0 Å². The Labute approximate surface area is 88.5 Å². The van der Waals surface area contributed by atoms with Gasteiger partial charge in [-0.3, -0.25) is 0 Å². The quantitative estimate of drug-likeness (QED) is 0.776. The minimum absolute atomic E-state index is 0.383. The van der Waals surface area contributed by atoms with Crippen LogP contribution in [0.15, 0.2) is 12.1 Å². The van der Waals surface area contributed by atoms with E-state index in [2.05, 4.69) is 0 Å². The number of rotatable bonds is 1. The summed E-state index contributed by atoms with van der Waals surface area (Å²) in [6.45, 7) is 0. The Kier molecular flexibility index (Phi) is 2.66. The van der Waals surface area contributed by atoms with Crippen LogP contribution < -0.4 is 4.74 Å². The molecule has 3 heteroatoms. The normalized spacial score (nSPS) is 20.4. The maximum Gasteiger partial charge on any atom is 0.120 e. The van der Waals surface area contributed by atoms with Gasteiger partial charge in [-0.25, -0.2) is 0 Å². The summed E-state index contributed by atoms with van der Waals surface area (Å²) in [7, 11) is 1.60. The lowest BCUT2D eigenvalue weighted by Gasteiger charge is -2.22. The molecule has 0 saturated heterocycles. The Morgan fingerprint density at radius 2 is 2.29 bits per heavy atom.